The summed E-state index contributed by atoms with van der Waals surface area (Å²) < 4.78 is 4.00. The van der Waals surface area contributed by atoms with Crippen molar-refractivity contribution in [2.24, 2.45) is 17.0 Å². The van der Waals surface area contributed by atoms with E-state index < -0.39 is 0 Å². The lowest BCUT2D eigenvalue weighted by molar-refractivity contribution is 0.977. The number of aromatic nitrogens is 3. The van der Waals surface area contributed by atoms with Crippen molar-refractivity contribution in [3.8, 4) is 44.0 Å². The number of rotatable bonds is 4. The number of aryl methyl sites for hydroxylation is 1. The second-order valence-corrected chi connectivity index (χ2v) is 10.7. The molecule has 0 aliphatic rings. The molecule has 5 heterocycles. The lowest BCUT2D eigenvalue weighted by Gasteiger charge is -1.92. The Morgan fingerprint density at radius 3 is 1.50 bits per heavy atom. The van der Waals surface area contributed by atoms with E-state index in [2.05, 4.69) is 9.98 Å². The van der Waals surface area contributed by atoms with E-state index in [1.807, 2.05) is 23.7 Å². The molecule has 5 aromatic rings. The van der Waals surface area contributed by atoms with Gasteiger partial charge < -0.3 is 4.57 Å². The predicted octanol–water partition coefficient (Wildman–Crippen LogP) is 5.94. The van der Waals surface area contributed by atoms with Crippen LogP contribution in [0.15, 0.2) is 34.3 Å². The zero-order valence-corrected chi connectivity index (χ0v) is 20.2. The number of thiazole rings is 2. The summed E-state index contributed by atoms with van der Waals surface area (Å²) in [5.74, 6) is 0. The Balaban J connectivity index is 1.53. The summed E-state index contributed by atoms with van der Waals surface area (Å²) in [5.41, 5.74) is 1.29. The summed E-state index contributed by atoms with van der Waals surface area (Å²) in [4.78, 5) is 19.5. The molecule has 13 heteroatoms. The van der Waals surface area contributed by atoms with E-state index in [-0.39, 0.29) is 11.4 Å². The molecule has 0 saturated carbocycles. The van der Waals surface area contributed by atoms with Gasteiger partial charge in [0.05, 0.1) is 19.2 Å². The van der Waals surface area contributed by atoms with Gasteiger partial charge in [-0.3, -0.25) is 0 Å². The molecule has 0 fully saturated rings. The average molecular weight is 514 g/mol. The van der Waals surface area contributed by atoms with Crippen LogP contribution in [0.3, 0.4) is 0 Å². The number of nitrogens with zero attached hydrogens (tertiary/aromatic N) is 9. The smallest absolute Gasteiger partial charge is 0.219 e. The van der Waals surface area contributed by atoms with Crippen LogP contribution in [-0.2, 0) is 7.05 Å². The summed E-state index contributed by atoms with van der Waals surface area (Å²) in [7, 11) is 1.92. The third-order valence-corrected chi connectivity index (χ3v) is 9.08. The van der Waals surface area contributed by atoms with Crippen LogP contribution in [0.4, 0.5) is 10.0 Å². The van der Waals surface area contributed by atoms with Crippen LogP contribution < -0.4 is 0 Å². The van der Waals surface area contributed by atoms with E-state index in [9.17, 15) is 0 Å². The van der Waals surface area contributed by atoms with Gasteiger partial charge in [0.2, 0.25) is 11.4 Å². The van der Waals surface area contributed by atoms with Crippen molar-refractivity contribution in [2.45, 2.75) is 0 Å². The highest BCUT2D eigenvalue weighted by Crippen LogP contribution is 2.45. The van der Waals surface area contributed by atoms with Crippen LogP contribution in [0.5, 0.6) is 0 Å². The maximum absolute atomic E-state index is 8.91. The molecule has 0 aromatic carbocycles. The van der Waals surface area contributed by atoms with Gasteiger partial charge in [-0.05, 0) is 24.3 Å². The first-order valence-electron chi connectivity index (χ1n) is 9.28. The van der Waals surface area contributed by atoms with Crippen LogP contribution >= 0.6 is 45.3 Å². The van der Waals surface area contributed by atoms with E-state index in [1.54, 1.807) is 59.1 Å². The first-order chi connectivity index (χ1) is 16.5. The second-order valence-electron chi connectivity index (χ2n) is 6.55. The van der Waals surface area contributed by atoms with Gasteiger partial charge in [-0.15, -0.1) is 45.3 Å². The molecule has 0 N–H and O–H groups in total. The summed E-state index contributed by atoms with van der Waals surface area (Å²) in [5, 5.41) is 38.4. The second kappa shape index (κ2) is 8.60. The molecule has 5 aromatic heterocycles. The number of thiophene rings is 2. The van der Waals surface area contributed by atoms with Crippen molar-refractivity contribution in [1.29, 1.82) is 21.0 Å². The molecule has 0 saturated heterocycles. The summed E-state index contributed by atoms with van der Waals surface area (Å²) >= 11 is 5.84. The first-order valence-corrected chi connectivity index (χ1v) is 12.5. The highest BCUT2D eigenvalue weighted by Gasteiger charge is 2.21. The Hall–Kier alpha value is -4.24. The third kappa shape index (κ3) is 3.65. The zero-order valence-electron chi connectivity index (χ0n) is 17.0. The van der Waals surface area contributed by atoms with Crippen LogP contribution in [0.25, 0.3) is 40.5 Å². The van der Waals surface area contributed by atoms with Gasteiger partial charge in [-0.2, -0.15) is 21.0 Å². The van der Waals surface area contributed by atoms with Crippen molar-refractivity contribution in [2.75, 3.05) is 0 Å². The summed E-state index contributed by atoms with van der Waals surface area (Å²) in [6.07, 6.45) is 0. The SMILES string of the molecule is Cn1c2nc(-c3ccc(N=C(C#N)C#N)s3)sc2c2sc(-c3ccc(N=C(C#N)C#N)s3)nc21. The molecule has 0 unspecified atom stereocenters. The van der Waals surface area contributed by atoms with Crippen LogP contribution in [0.2, 0.25) is 0 Å². The minimum atomic E-state index is -0.185. The van der Waals surface area contributed by atoms with Crippen molar-refractivity contribution in [3.63, 3.8) is 0 Å². The molecule has 160 valence electrons. The normalized spacial score (nSPS) is 10.4. The number of hydrogen-bond donors (Lipinski definition) is 0. The number of aliphatic imine (C=N–C) groups is 2. The number of hydrogen-bond acceptors (Lipinski definition) is 12. The van der Waals surface area contributed by atoms with Gasteiger partial charge in [0.1, 0.15) is 44.3 Å². The van der Waals surface area contributed by atoms with Crippen molar-refractivity contribution in [3.05, 3.63) is 24.3 Å². The lowest BCUT2D eigenvalue weighted by Crippen LogP contribution is -1.88. The third-order valence-electron chi connectivity index (χ3n) is 4.53. The Kier molecular flexibility index (Phi) is 5.46. The van der Waals surface area contributed by atoms with Crippen molar-refractivity contribution < 1.29 is 0 Å². The molecule has 0 amide bonds. The van der Waals surface area contributed by atoms with Gasteiger partial charge >= 0.3 is 0 Å². The lowest BCUT2D eigenvalue weighted by atomic mass is 10.4. The van der Waals surface area contributed by atoms with Gasteiger partial charge in [-0.1, -0.05) is 0 Å². The number of fused-ring (bicyclic) bond motifs is 3. The molecule has 34 heavy (non-hydrogen) atoms. The molecule has 5 rings (SSSR count). The highest BCUT2D eigenvalue weighted by atomic mass is 32.1. The van der Waals surface area contributed by atoms with E-state index in [0.717, 1.165) is 40.5 Å². The molecule has 0 bridgehead atoms. The molecule has 0 atom stereocenters. The molecule has 9 nitrogen and oxygen atoms in total. The van der Waals surface area contributed by atoms with Gasteiger partial charge in [0.15, 0.2) is 11.3 Å². The fourth-order valence-corrected chi connectivity index (χ4v) is 7.25. The summed E-state index contributed by atoms with van der Waals surface area (Å²) in [6, 6.07) is 14.4. The maximum Gasteiger partial charge on any atom is 0.219 e. The Morgan fingerprint density at radius 1 is 0.706 bits per heavy atom. The molecule has 0 radical (unpaired) electrons. The molecule has 0 spiro atoms. The summed E-state index contributed by atoms with van der Waals surface area (Å²) in [6.45, 7) is 0. The van der Waals surface area contributed by atoms with E-state index in [0.29, 0.717) is 10.0 Å². The Labute approximate surface area is 207 Å². The largest absolute Gasteiger partial charge is 0.312 e. The van der Waals surface area contributed by atoms with Crippen molar-refractivity contribution in [1.82, 2.24) is 14.5 Å². The van der Waals surface area contributed by atoms with Gasteiger partial charge in [0.25, 0.3) is 0 Å². The predicted molar refractivity (Wildman–Crippen MR) is 135 cm³/mol. The van der Waals surface area contributed by atoms with Gasteiger partial charge in [0, 0.05) is 7.05 Å². The molecule has 0 aliphatic carbocycles. The van der Waals surface area contributed by atoms with Crippen LogP contribution in [-0.4, -0.2) is 26.0 Å². The minimum Gasteiger partial charge on any atom is -0.312 e. The quantitative estimate of drug-likeness (QED) is 0.271. The molecular formula is C21H7N9S4. The number of nitriles is 4. The molecular weight excluding hydrogens is 507 g/mol. The fraction of sp³-hybridized carbons (Fsp3) is 0.0476. The Morgan fingerprint density at radius 2 is 1.12 bits per heavy atom. The van der Waals surface area contributed by atoms with E-state index in [1.165, 1.54) is 22.7 Å². The Bertz CT molecular complexity index is 1660. The monoisotopic (exact) mass is 513 g/mol. The van der Waals surface area contributed by atoms with E-state index >= 15 is 0 Å². The zero-order chi connectivity index (χ0) is 23.8. The first kappa shape index (κ1) is 21.6. The fourth-order valence-electron chi connectivity index (χ4n) is 3.06. The van der Waals surface area contributed by atoms with E-state index in [4.69, 9.17) is 31.0 Å². The highest BCUT2D eigenvalue weighted by molar-refractivity contribution is 7.32. The minimum absolute atomic E-state index is 0.185. The topological polar surface area (TPSA) is 151 Å². The van der Waals surface area contributed by atoms with Gasteiger partial charge in [-0.25, -0.2) is 20.0 Å². The standard InChI is InChI=1S/C21H7N9S4/c1-30-18-16(33-20(28-18)12-2-4-14(31-12)26-10(6-22)7-23)17-19(30)29-21(34-17)13-3-5-15(32-13)27-11(8-24)9-25/h2-5H,1H3. The molecule has 0 aliphatic heterocycles. The van der Waals surface area contributed by atoms with Crippen LogP contribution in [0.1, 0.15) is 0 Å². The van der Waals surface area contributed by atoms with Crippen LogP contribution in [0, 0.1) is 45.3 Å². The van der Waals surface area contributed by atoms with Crippen molar-refractivity contribution >= 4 is 87.5 Å². The maximum atomic E-state index is 8.91. The average Bonchev–Trinajstić information content (AvgIpc) is 3.66.